The van der Waals surface area contributed by atoms with E-state index in [1.54, 1.807) is 11.8 Å². The molecule has 5 heteroatoms. The van der Waals surface area contributed by atoms with Gasteiger partial charge in [0, 0.05) is 17.4 Å². The standard InChI is InChI=1S/C15H19N3OS/c1-11-4-6-13(7-5-11)20-10-14-17-15(19-18-14)9-12-3-2-8-16-12/h4-7,12,16H,2-3,8-10H2,1H3. The molecule has 0 saturated carbocycles. The van der Waals surface area contributed by atoms with Crippen molar-refractivity contribution in [1.29, 1.82) is 0 Å². The summed E-state index contributed by atoms with van der Waals surface area (Å²) < 4.78 is 5.32. The Bertz CT molecular complexity index is 547. The summed E-state index contributed by atoms with van der Waals surface area (Å²) in [6, 6.07) is 9.01. The highest BCUT2D eigenvalue weighted by molar-refractivity contribution is 7.98. The van der Waals surface area contributed by atoms with Crippen LogP contribution >= 0.6 is 11.8 Å². The van der Waals surface area contributed by atoms with Gasteiger partial charge in [0.15, 0.2) is 5.82 Å². The van der Waals surface area contributed by atoms with Crippen LogP contribution in [0.4, 0.5) is 0 Å². The Morgan fingerprint density at radius 2 is 2.20 bits per heavy atom. The molecule has 1 aromatic heterocycles. The first kappa shape index (κ1) is 13.6. The highest BCUT2D eigenvalue weighted by atomic mass is 32.2. The molecular formula is C15H19N3OS. The van der Waals surface area contributed by atoms with Gasteiger partial charge in [-0.1, -0.05) is 22.9 Å². The molecule has 106 valence electrons. The zero-order valence-corrected chi connectivity index (χ0v) is 12.4. The fraction of sp³-hybridized carbons (Fsp3) is 0.467. The van der Waals surface area contributed by atoms with E-state index in [0.29, 0.717) is 6.04 Å². The molecule has 1 aromatic carbocycles. The molecule has 0 bridgehead atoms. The van der Waals surface area contributed by atoms with E-state index in [4.69, 9.17) is 4.52 Å². The van der Waals surface area contributed by atoms with Crippen molar-refractivity contribution >= 4 is 11.8 Å². The van der Waals surface area contributed by atoms with Gasteiger partial charge in [-0.2, -0.15) is 4.98 Å². The highest BCUT2D eigenvalue weighted by Crippen LogP contribution is 2.22. The molecule has 0 radical (unpaired) electrons. The van der Waals surface area contributed by atoms with E-state index < -0.39 is 0 Å². The van der Waals surface area contributed by atoms with Gasteiger partial charge in [-0.15, -0.1) is 11.8 Å². The monoisotopic (exact) mass is 289 g/mol. The number of aromatic nitrogens is 2. The first-order valence-electron chi connectivity index (χ1n) is 7.04. The lowest BCUT2D eigenvalue weighted by Crippen LogP contribution is -2.23. The number of benzene rings is 1. The summed E-state index contributed by atoms with van der Waals surface area (Å²) in [5, 5.41) is 7.50. The van der Waals surface area contributed by atoms with Crippen LogP contribution in [0, 0.1) is 6.92 Å². The van der Waals surface area contributed by atoms with Crippen LogP contribution in [0.3, 0.4) is 0 Å². The second kappa shape index (κ2) is 6.41. The van der Waals surface area contributed by atoms with Gasteiger partial charge in [-0.25, -0.2) is 0 Å². The van der Waals surface area contributed by atoms with Crippen LogP contribution in [0.1, 0.15) is 30.1 Å². The molecule has 2 heterocycles. The van der Waals surface area contributed by atoms with Crippen LogP contribution < -0.4 is 5.32 Å². The zero-order valence-electron chi connectivity index (χ0n) is 11.6. The Morgan fingerprint density at radius 3 is 2.95 bits per heavy atom. The maximum absolute atomic E-state index is 5.32. The van der Waals surface area contributed by atoms with Crippen LogP contribution in [0.25, 0.3) is 0 Å². The largest absolute Gasteiger partial charge is 0.339 e. The summed E-state index contributed by atoms with van der Waals surface area (Å²) >= 11 is 1.74. The Hall–Kier alpha value is -1.33. The van der Waals surface area contributed by atoms with E-state index in [1.807, 2.05) is 0 Å². The smallest absolute Gasteiger partial charge is 0.228 e. The van der Waals surface area contributed by atoms with Crippen molar-refractivity contribution in [3.63, 3.8) is 0 Å². The van der Waals surface area contributed by atoms with Crippen molar-refractivity contribution in [3.05, 3.63) is 41.5 Å². The van der Waals surface area contributed by atoms with Crippen molar-refractivity contribution in [2.24, 2.45) is 0 Å². The fourth-order valence-corrected chi connectivity index (χ4v) is 3.10. The lowest BCUT2D eigenvalue weighted by atomic mass is 10.2. The Balaban J connectivity index is 1.52. The Kier molecular flexibility index (Phi) is 4.38. The molecule has 1 N–H and O–H groups in total. The van der Waals surface area contributed by atoms with Crippen molar-refractivity contribution in [2.45, 2.75) is 42.9 Å². The molecule has 0 spiro atoms. The predicted octanol–water partition coefficient (Wildman–Crippen LogP) is 2.96. The third-order valence-corrected chi connectivity index (χ3v) is 4.49. The summed E-state index contributed by atoms with van der Waals surface area (Å²) in [6.07, 6.45) is 3.30. The maximum atomic E-state index is 5.32. The van der Waals surface area contributed by atoms with Gasteiger partial charge in [0.25, 0.3) is 0 Å². The average Bonchev–Trinajstić information content (AvgIpc) is 3.11. The van der Waals surface area contributed by atoms with E-state index in [9.17, 15) is 0 Å². The van der Waals surface area contributed by atoms with Crippen LogP contribution in [-0.4, -0.2) is 22.7 Å². The summed E-state index contributed by atoms with van der Waals surface area (Å²) in [6.45, 7) is 3.20. The maximum Gasteiger partial charge on any atom is 0.228 e. The first-order chi connectivity index (χ1) is 9.79. The molecule has 1 fully saturated rings. The third kappa shape index (κ3) is 3.61. The van der Waals surface area contributed by atoms with Crippen molar-refractivity contribution in [3.8, 4) is 0 Å². The topological polar surface area (TPSA) is 51.0 Å². The molecule has 1 unspecified atom stereocenters. The molecule has 20 heavy (non-hydrogen) atoms. The van der Waals surface area contributed by atoms with E-state index in [2.05, 4.69) is 46.6 Å². The lowest BCUT2D eigenvalue weighted by Gasteiger charge is -2.04. The lowest BCUT2D eigenvalue weighted by molar-refractivity contribution is 0.361. The predicted molar refractivity (Wildman–Crippen MR) is 79.8 cm³/mol. The number of nitrogens with one attached hydrogen (secondary N) is 1. The van der Waals surface area contributed by atoms with Crippen LogP contribution in [0.15, 0.2) is 33.7 Å². The highest BCUT2D eigenvalue weighted by Gasteiger charge is 2.18. The van der Waals surface area contributed by atoms with Gasteiger partial charge in [0.05, 0.1) is 5.75 Å². The Labute approximate surface area is 123 Å². The normalized spacial score (nSPS) is 18.6. The zero-order chi connectivity index (χ0) is 13.8. The minimum atomic E-state index is 0.507. The summed E-state index contributed by atoms with van der Waals surface area (Å²) in [5.41, 5.74) is 1.28. The molecule has 1 aliphatic rings. The summed E-state index contributed by atoms with van der Waals surface area (Å²) in [4.78, 5) is 5.70. The van der Waals surface area contributed by atoms with Gasteiger partial charge in [0.2, 0.25) is 5.89 Å². The average molecular weight is 289 g/mol. The second-order valence-electron chi connectivity index (χ2n) is 5.20. The molecule has 0 amide bonds. The van der Waals surface area contributed by atoms with E-state index >= 15 is 0 Å². The number of nitrogens with zero attached hydrogens (tertiary/aromatic N) is 2. The van der Waals surface area contributed by atoms with E-state index in [0.717, 1.165) is 30.4 Å². The van der Waals surface area contributed by atoms with Gasteiger partial charge < -0.3 is 9.84 Å². The number of aryl methyl sites for hydroxylation is 1. The molecule has 3 rings (SSSR count). The second-order valence-corrected chi connectivity index (χ2v) is 6.25. The van der Waals surface area contributed by atoms with Gasteiger partial charge in [-0.05, 0) is 38.4 Å². The quantitative estimate of drug-likeness (QED) is 0.858. The molecule has 1 aliphatic heterocycles. The van der Waals surface area contributed by atoms with Gasteiger partial charge >= 0.3 is 0 Å². The molecule has 0 aliphatic carbocycles. The number of rotatable bonds is 5. The fourth-order valence-electron chi connectivity index (χ4n) is 2.36. The Morgan fingerprint density at radius 1 is 1.35 bits per heavy atom. The van der Waals surface area contributed by atoms with Gasteiger partial charge in [-0.3, -0.25) is 0 Å². The molecule has 2 aromatic rings. The SMILES string of the molecule is Cc1ccc(SCc2noc(CC3CCCN3)n2)cc1. The number of hydrogen-bond acceptors (Lipinski definition) is 5. The molecule has 4 nitrogen and oxygen atoms in total. The summed E-state index contributed by atoms with van der Waals surface area (Å²) in [7, 11) is 0. The minimum absolute atomic E-state index is 0.507. The molecule has 1 saturated heterocycles. The number of hydrogen-bond donors (Lipinski definition) is 1. The molecule has 1 atom stereocenters. The minimum Gasteiger partial charge on any atom is -0.339 e. The van der Waals surface area contributed by atoms with Crippen LogP contribution in [0.5, 0.6) is 0 Å². The van der Waals surface area contributed by atoms with Crippen LogP contribution in [-0.2, 0) is 12.2 Å². The van der Waals surface area contributed by atoms with Crippen LogP contribution in [0.2, 0.25) is 0 Å². The van der Waals surface area contributed by atoms with E-state index in [1.165, 1.54) is 23.3 Å². The third-order valence-electron chi connectivity index (χ3n) is 3.48. The molecular weight excluding hydrogens is 270 g/mol. The van der Waals surface area contributed by atoms with Crippen molar-refractivity contribution in [2.75, 3.05) is 6.54 Å². The van der Waals surface area contributed by atoms with E-state index in [-0.39, 0.29) is 0 Å². The summed E-state index contributed by atoms with van der Waals surface area (Å²) in [5.74, 6) is 2.29. The van der Waals surface area contributed by atoms with Crippen molar-refractivity contribution < 1.29 is 4.52 Å². The number of thioether (sulfide) groups is 1. The van der Waals surface area contributed by atoms with Crippen molar-refractivity contribution in [1.82, 2.24) is 15.5 Å². The first-order valence-corrected chi connectivity index (χ1v) is 8.02. The van der Waals surface area contributed by atoms with Gasteiger partial charge in [0.1, 0.15) is 0 Å².